The summed E-state index contributed by atoms with van der Waals surface area (Å²) in [4.78, 5) is 20.7. The summed E-state index contributed by atoms with van der Waals surface area (Å²) in [6, 6.07) is 7.88. The number of likely N-dealkylation sites (N-methyl/N-ethyl adjacent to an activating group) is 1. The Kier molecular flexibility index (Phi) is 8.38. The summed E-state index contributed by atoms with van der Waals surface area (Å²) >= 11 is 0. The van der Waals surface area contributed by atoms with Crippen LogP contribution in [-0.2, 0) is 16.0 Å². The minimum absolute atomic E-state index is 0.00700. The van der Waals surface area contributed by atoms with Gasteiger partial charge >= 0.3 is 5.97 Å². The van der Waals surface area contributed by atoms with E-state index in [0.717, 1.165) is 48.9 Å². The Balaban J connectivity index is 0.00000102. The van der Waals surface area contributed by atoms with Gasteiger partial charge in [0.2, 0.25) is 5.88 Å². The molecule has 8 nitrogen and oxygen atoms in total. The van der Waals surface area contributed by atoms with Gasteiger partial charge in [-0.2, -0.15) is 0 Å². The van der Waals surface area contributed by atoms with Crippen molar-refractivity contribution in [3.05, 3.63) is 77.7 Å². The fourth-order valence-electron chi connectivity index (χ4n) is 4.82. The van der Waals surface area contributed by atoms with E-state index in [4.69, 9.17) is 9.47 Å². The number of hydrogen-bond acceptors (Lipinski definition) is 8. The van der Waals surface area contributed by atoms with Crippen LogP contribution in [0, 0.1) is 6.92 Å². The molecule has 0 spiro atoms. The van der Waals surface area contributed by atoms with Gasteiger partial charge in [-0.1, -0.05) is 18.2 Å². The second-order valence-corrected chi connectivity index (χ2v) is 9.37. The highest BCUT2D eigenvalue weighted by Gasteiger charge is 2.27. The van der Waals surface area contributed by atoms with E-state index >= 15 is 0 Å². The smallest absolute Gasteiger partial charge is 0.309 e. The van der Waals surface area contributed by atoms with Gasteiger partial charge in [-0.3, -0.25) is 4.79 Å². The molecule has 8 heteroatoms. The number of aromatic nitrogens is 1. The molecule has 0 bridgehead atoms. The van der Waals surface area contributed by atoms with Gasteiger partial charge in [-0.15, -0.1) is 6.58 Å². The van der Waals surface area contributed by atoms with E-state index < -0.39 is 0 Å². The maximum atomic E-state index is 11.5. The molecule has 196 valence electrons. The monoisotopic (exact) mass is 503 g/mol. The summed E-state index contributed by atoms with van der Waals surface area (Å²) in [6.07, 6.45) is 9.36. The maximum Gasteiger partial charge on any atom is 0.309 e. The maximum absolute atomic E-state index is 11.5. The molecule has 1 saturated heterocycles. The lowest BCUT2D eigenvalue weighted by molar-refractivity contribution is -0.139. The number of nitrogens with zero attached hydrogens (tertiary/aromatic N) is 3. The Morgan fingerprint density at radius 1 is 1.30 bits per heavy atom. The van der Waals surface area contributed by atoms with E-state index in [1.807, 2.05) is 37.4 Å². The number of allylic oxidation sites excluding steroid dienone is 1. The number of pyridine rings is 1. The van der Waals surface area contributed by atoms with Gasteiger partial charge in [0.15, 0.2) is 0 Å². The van der Waals surface area contributed by atoms with Crippen molar-refractivity contribution in [3.8, 4) is 5.88 Å². The molecule has 0 aliphatic carbocycles. The summed E-state index contributed by atoms with van der Waals surface area (Å²) in [6.45, 7) is 10.8. The van der Waals surface area contributed by atoms with Gasteiger partial charge in [0, 0.05) is 37.6 Å². The van der Waals surface area contributed by atoms with E-state index in [1.165, 1.54) is 29.5 Å². The number of dihydropyridines is 1. The van der Waals surface area contributed by atoms with Crippen molar-refractivity contribution in [2.24, 2.45) is 0 Å². The number of rotatable bonds is 5. The number of carbonyl (C=O) groups excluding carboxylic acids is 1. The molecule has 3 aliphatic heterocycles. The summed E-state index contributed by atoms with van der Waals surface area (Å²) < 4.78 is 10.5. The van der Waals surface area contributed by atoms with Crippen LogP contribution in [0.4, 0.5) is 17.1 Å². The third-order valence-corrected chi connectivity index (χ3v) is 6.72. The Bertz CT molecular complexity index is 1190. The van der Waals surface area contributed by atoms with Gasteiger partial charge in [0.25, 0.3) is 0 Å². The highest BCUT2D eigenvalue weighted by molar-refractivity contribution is 5.73. The van der Waals surface area contributed by atoms with Gasteiger partial charge in [0.1, 0.15) is 18.5 Å². The lowest BCUT2D eigenvalue weighted by Gasteiger charge is -2.37. The summed E-state index contributed by atoms with van der Waals surface area (Å²) in [5, 5.41) is 6.98. The second-order valence-electron chi connectivity index (χ2n) is 9.37. The first-order valence-electron chi connectivity index (χ1n) is 12.7. The number of nitrogens with one attached hydrogen (secondary N) is 2. The number of carbonyl (C=O) groups is 1. The van der Waals surface area contributed by atoms with Crippen LogP contribution >= 0.6 is 0 Å². The van der Waals surface area contributed by atoms with Crippen LogP contribution in [-0.4, -0.2) is 57.5 Å². The molecule has 2 N–H and O–H groups in total. The van der Waals surface area contributed by atoms with E-state index in [-0.39, 0.29) is 18.6 Å². The molecule has 0 amide bonds. The standard InChI is InChI=1S/C26H31N5O3.C3H6/c1-17-22(15-28-26-25(17)30(2)10-11-34-26)31-9-8-19-14-27-23(13-20(19)16-31)29-21-6-4-18(5-7-21)12-24(32)33-3;1-3-2/h4-7,13-15,23,27,29H,8-12,16H2,1-3H3;3H,1H2,2H3. The number of esters is 1. The highest BCUT2D eigenvalue weighted by Crippen LogP contribution is 2.39. The molecule has 1 aromatic carbocycles. The number of ether oxygens (including phenoxy) is 2. The van der Waals surface area contributed by atoms with Crippen LogP contribution in [0.15, 0.2) is 66.5 Å². The van der Waals surface area contributed by atoms with Crippen LogP contribution in [0.25, 0.3) is 0 Å². The Morgan fingerprint density at radius 2 is 2.05 bits per heavy atom. The lowest BCUT2D eigenvalue weighted by atomic mass is 9.94. The van der Waals surface area contributed by atoms with Gasteiger partial charge in [0.05, 0.1) is 32.0 Å². The minimum Gasteiger partial charge on any atom is -0.474 e. The number of hydrogen-bond donors (Lipinski definition) is 2. The molecule has 37 heavy (non-hydrogen) atoms. The first-order chi connectivity index (χ1) is 17.9. The Labute approximate surface area is 219 Å². The number of piperidine rings is 1. The third kappa shape index (κ3) is 6.07. The molecule has 4 heterocycles. The van der Waals surface area contributed by atoms with Crippen LogP contribution in [0.1, 0.15) is 24.5 Å². The molecule has 3 aliphatic rings. The van der Waals surface area contributed by atoms with Crippen LogP contribution in [0.3, 0.4) is 0 Å². The van der Waals surface area contributed by atoms with Crippen LogP contribution in [0.2, 0.25) is 0 Å². The minimum atomic E-state index is -0.234. The van der Waals surface area contributed by atoms with Crippen molar-refractivity contribution < 1.29 is 14.3 Å². The van der Waals surface area contributed by atoms with E-state index in [2.05, 4.69) is 58.2 Å². The average molecular weight is 504 g/mol. The quantitative estimate of drug-likeness (QED) is 0.465. The number of benzene rings is 1. The number of anilines is 3. The molecule has 1 fully saturated rings. The summed E-state index contributed by atoms with van der Waals surface area (Å²) in [5.74, 6) is 0.498. The molecule has 1 atom stereocenters. The average Bonchev–Trinajstić information content (AvgIpc) is 2.90. The zero-order valence-electron chi connectivity index (χ0n) is 22.2. The lowest BCUT2D eigenvalue weighted by Crippen LogP contribution is -2.40. The summed E-state index contributed by atoms with van der Waals surface area (Å²) in [5.41, 5.74) is 8.09. The molecular weight excluding hydrogens is 466 g/mol. The number of fused-ring (bicyclic) bond motifs is 2. The molecule has 1 aromatic heterocycles. The Hall–Kier alpha value is -3.94. The van der Waals surface area contributed by atoms with Crippen molar-refractivity contribution in [1.29, 1.82) is 0 Å². The molecular formula is C29H37N5O3. The van der Waals surface area contributed by atoms with Crippen molar-refractivity contribution in [3.63, 3.8) is 0 Å². The zero-order chi connectivity index (χ0) is 26.4. The van der Waals surface area contributed by atoms with E-state index in [1.54, 1.807) is 6.08 Å². The summed E-state index contributed by atoms with van der Waals surface area (Å²) in [7, 11) is 3.51. The van der Waals surface area contributed by atoms with Crippen molar-refractivity contribution in [2.45, 2.75) is 32.9 Å². The number of methoxy groups -OCH3 is 1. The predicted octanol–water partition coefficient (Wildman–Crippen LogP) is 4.19. The van der Waals surface area contributed by atoms with Crippen molar-refractivity contribution in [1.82, 2.24) is 10.3 Å². The zero-order valence-corrected chi connectivity index (χ0v) is 22.2. The Morgan fingerprint density at radius 3 is 2.78 bits per heavy atom. The third-order valence-electron chi connectivity index (χ3n) is 6.72. The largest absolute Gasteiger partial charge is 0.474 e. The molecule has 1 unspecified atom stereocenters. The van der Waals surface area contributed by atoms with Crippen LogP contribution in [0.5, 0.6) is 5.88 Å². The molecule has 2 aromatic rings. The van der Waals surface area contributed by atoms with Crippen molar-refractivity contribution in [2.75, 3.05) is 55.5 Å². The van der Waals surface area contributed by atoms with E-state index in [0.29, 0.717) is 6.61 Å². The fourth-order valence-corrected chi connectivity index (χ4v) is 4.82. The normalized spacial score (nSPS) is 17.9. The highest BCUT2D eigenvalue weighted by atomic mass is 16.5. The van der Waals surface area contributed by atoms with Crippen molar-refractivity contribution >= 4 is 23.0 Å². The van der Waals surface area contributed by atoms with Gasteiger partial charge in [-0.05, 0) is 55.2 Å². The molecule has 0 radical (unpaired) electrons. The molecule has 0 saturated carbocycles. The van der Waals surface area contributed by atoms with Gasteiger partial charge < -0.3 is 29.9 Å². The SMILES string of the molecule is C=CC.COC(=O)Cc1ccc(NC2C=C3CN(c4cnc5c(c4C)N(C)CCO5)CCC3=CN2)cc1. The fraction of sp³-hybridized carbons (Fsp3) is 0.379. The van der Waals surface area contributed by atoms with E-state index in [9.17, 15) is 4.79 Å². The topological polar surface area (TPSA) is 79.0 Å². The second kappa shape index (κ2) is 11.9. The molecule has 5 rings (SSSR count). The van der Waals surface area contributed by atoms with Crippen LogP contribution < -0.4 is 25.2 Å². The first-order valence-corrected chi connectivity index (χ1v) is 12.7. The van der Waals surface area contributed by atoms with Gasteiger partial charge in [-0.25, -0.2) is 4.98 Å². The first kappa shape index (κ1) is 26.1. The predicted molar refractivity (Wildman–Crippen MR) is 149 cm³/mol.